The predicted molar refractivity (Wildman–Crippen MR) is 102 cm³/mol. The number of hydrogen-bond donors (Lipinski definition) is 0. The van der Waals surface area contributed by atoms with Gasteiger partial charge in [-0.05, 0) is 30.7 Å². The lowest BCUT2D eigenvalue weighted by molar-refractivity contribution is -0.127. The van der Waals surface area contributed by atoms with E-state index in [2.05, 4.69) is 34.6 Å². The number of halogens is 1. The second kappa shape index (κ2) is 8.94. The molecule has 0 aliphatic heterocycles. The van der Waals surface area contributed by atoms with Crippen LogP contribution in [0.3, 0.4) is 0 Å². The Hall–Kier alpha value is -1.52. The zero-order valence-electron chi connectivity index (χ0n) is 13.2. The number of rotatable bonds is 7. The summed E-state index contributed by atoms with van der Waals surface area (Å²) in [6, 6.07) is 18.2. The molecular weight excluding hydrogens is 370 g/mol. The quantitative estimate of drug-likeness (QED) is 0.482. The topological polar surface area (TPSA) is 20.3 Å². The van der Waals surface area contributed by atoms with Crippen molar-refractivity contribution in [2.24, 2.45) is 0 Å². The van der Waals surface area contributed by atoms with Crippen LogP contribution in [-0.2, 0) is 11.3 Å². The van der Waals surface area contributed by atoms with Gasteiger partial charge in [-0.25, -0.2) is 0 Å². The molecule has 23 heavy (non-hydrogen) atoms. The Morgan fingerprint density at radius 3 is 2.43 bits per heavy atom. The van der Waals surface area contributed by atoms with Gasteiger partial charge in [0.1, 0.15) is 0 Å². The zero-order chi connectivity index (χ0) is 16.7. The fourth-order valence-electron chi connectivity index (χ4n) is 2.14. The highest BCUT2D eigenvalue weighted by atomic mass is 79.9. The zero-order valence-corrected chi connectivity index (χ0v) is 15.6. The molecule has 0 atom stereocenters. The number of hydrogen-bond acceptors (Lipinski definition) is 2. The first kappa shape index (κ1) is 17.8. The summed E-state index contributed by atoms with van der Waals surface area (Å²) in [7, 11) is 0. The second-order valence-corrected chi connectivity index (χ2v) is 7.28. The van der Waals surface area contributed by atoms with E-state index in [4.69, 9.17) is 0 Å². The molecule has 0 saturated heterocycles. The van der Waals surface area contributed by atoms with E-state index in [1.54, 1.807) is 18.7 Å². The van der Waals surface area contributed by atoms with Gasteiger partial charge >= 0.3 is 0 Å². The lowest BCUT2D eigenvalue weighted by Crippen LogP contribution is -2.33. The highest BCUT2D eigenvalue weighted by molar-refractivity contribution is 9.10. The SMILES string of the molecule is C=C(C)C(=O)N(CCSc1ccccc1)Cc1ccccc1Br. The van der Waals surface area contributed by atoms with Crippen molar-refractivity contribution in [3.05, 3.63) is 76.8 Å². The van der Waals surface area contributed by atoms with Crippen LogP contribution in [0.15, 0.2) is 76.1 Å². The standard InChI is InChI=1S/C19H20BrNOS/c1-15(2)19(22)21(14-16-8-6-7-11-18(16)20)12-13-23-17-9-4-3-5-10-17/h3-11H,1,12-14H2,2H3. The minimum Gasteiger partial charge on any atom is -0.334 e. The van der Waals surface area contributed by atoms with Gasteiger partial charge < -0.3 is 4.90 Å². The normalized spacial score (nSPS) is 10.3. The van der Waals surface area contributed by atoms with Gasteiger partial charge in [0.2, 0.25) is 5.91 Å². The minimum absolute atomic E-state index is 0.00872. The van der Waals surface area contributed by atoms with Gasteiger partial charge in [-0.3, -0.25) is 4.79 Å². The molecule has 2 aromatic carbocycles. The third kappa shape index (κ3) is 5.56. The number of benzene rings is 2. The molecular formula is C19H20BrNOS. The van der Waals surface area contributed by atoms with E-state index in [0.29, 0.717) is 18.7 Å². The summed E-state index contributed by atoms with van der Waals surface area (Å²) >= 11 is 5.31. The first-order valence-corrected chi connectivity index (χ1v) is 9.22. The van der Waals surface area contributed by atoms with E-state index in [0.717, 1.165) is 15.8 Å². The van der Waals surface area contributed by atoms with Crippen LogP contribution in [-0.4, -0.2) is 23.1 Å². The molecule has 2 nitrogen and oxygen atoms in total. The fraction of sp³-hybridized carbons (Fsp3) is 0.211. The summed E-state index contributed by atoms with van der Waals surface area (Å²) in [6.07, 6.45) is 0. The highest BCUT2D eigenvalue weighted by Gasteiger charge is 2.15. The maximum absolute atomic E-state index is 12.4. The van der Waals surface area contributed by atoms with Gasteiger partial charge in [0.25, 0.3) is 0 Å². The summed E-state index contributed by atoms with van der Waals surface area (Å²) < 4.78 is 1.02. The van der Waals surface area contributed by atoms with Crippen molar-refractivity contribution >= 4 is 33.6 Å². The summed E-state index contributed by atoms with van der Waals surface area (Å²) in [5.41, 5.74) is 1.67. The smallest absolute Gasteiger partial charge is 0.249 e. The van der Waals surface area contributed by atoms with E-state index in [1.165, 1.54) is 4.90 Å². The van der Waals surface area contributed by atoms with Crippen LogP contribution in [0.5, 0.6) is 0 Å². The van der Waals surface area contributed by atoms with Gasteiger partial charge in [0.05, 0.1) is 0 Å². The average Bonchev–Trinajstić information content (AvgIpc) is 2.56. The van der Waals surface area contributed by atoms with Crippen LogP contribution in [0.2, 0.25) is 0 Å². The first-order chi connectivity index (χ1) is 11.1. The number of carbonyl (C=O) groups excluding carboxylic acids is 1. The van der Waals surface area contributed by atoms with Gasteiger partial charge in [-0.1, -0.05) is 58.9 Å². The predicted octanol–water partition coefficient (Wildman–Crippen LogP) is 5.15. The van der Waals surface area contributed by atoms with Crippen LogP contribution in [0.1, 0.15) is 12.5 Å². The molecule has 0 fully saturated rings. The molecule has 0 radical (unpaired) electrons. The number of nitrogens with zero attached hydrogens (tertiary/aromatic N) is 1. The third-order valence-electron chi connectivity index (χ3n) is 3.34. The van der Waals surface area contributed by atoms with Crippen molar-refractivity contribution in [3.63, 3.8) is 0 Å². The van der Waals surface area contributed by atoms with Crippen molar-refractivity contribution < 1.29 is 4.79 Å². The molecule has 0 spiro atoms. The van der Waals surface area contributed by atoms with E-state index in [1.807, 2.05) is 47.4 Å². The van der Waals surface area contributed by atoms with Gasteiger partial charge in [0, 0.05) is 33.8 Å². The summed E-state index contributed by atoms with van der Waals surface area (Å²) in [4.78, 5) is 15.5. The maximum Gasteiger partial charge on any atom is 0.249 e. The van der Waals surface area contributed by atoms with E-state index in [9.17, 15) is 4.79 Å². The fourth-order valence-corrected chi connectivity index (χ4v) is 3.45. The molecule has 0 aromatic heterocycles. The third-order valence-corrected chi connectivity index (χ3v) is 5.11. The number of thioether (sulfide) groups is 1. The molecule has 1 amide bonds. The Bertz CT molecular complexity index is 672. The van der Waals surface area contributed by atoms with E-state index >= 15 is 0 Å². The molecule has 0 N–H and O–H groups in total. The van der Waals surface area contributed by atoms with Crippen LogP contribution < -0.4 is 0 Å². The molecule has 4 heteroatoms. The van der Waals surface area contributed by atoms with Crippen molar-refractivity contribution in [2.45, 2.75) is 18.4 Å². The Balaban J connectivity index is 2.01. The maximum atomic E-state index is 12.4. The van der Waals surface area contributed by atoms with Crippen LogP contribution in [0.4, 0.5) is 0 Å². The van der Waals surface area contributed by atoms with Crippen molar-refractivity contribution in [2.75, 3.05) is 12.3 Å². The Kier molecular flexibility index (Phi) is 6.93. The van der Waals surface area contributed by atoms with Crippen molar-refractivity contribution in [1.29, 1.82) is 0 Å². The lowest BCUT2D eigenvalue weighted by Gasteiger charge is -2.23. The number of amides is 1. The molecule has 0 heterocycles. The highest BCUT2D eigenvalue weighted by Crippen LogP contribution is 2.21. The van der Waals surface area contributed by atoms with Gasteiger partial charge in [0.15, 0.2) is 0 Å². The molecule has 0 bridgehead atoms. The monoisotopic (exact) mass is 389 g/mol. The molecule has 0 aliphatic carbocycles. The van der Waals surface area contributed by atoms with Crippen LogP contribution in [0.25, 0.3) is 0 Å². The Morgan fingerprint density at radius 1 is 1.13 bits per heavy atom. The van der Waals surface area contributed by atoms with Crippen molar-refractivity contribution in [1.82, 2.24) is 4.90 Å². The minimum atomic E-state index is 0.00872. The lowest BCUT2D eigenvalue weighted by atomic mass is 10.2. The summed E-state index contributed by atoms with van der Waals surface area (Å²) in [5.74, 6) is 0.863. The molecule has 0 saturated carbocycles. The van der Waals surface area contributed by atoms with Crippen molar-refractivity contribution in [3.8, 4) is 0 Å². The Labute approximate surface area is 150 Å². The van der Waals surface area contributed by atoms with Gasteiger partial charge in [-0.2, -0.15) is 0 Å². The number of carbonyl (C=O) groups is 1. The van der Waals surface area contributed by atoms with E-state index in [-0.39, 0.29) is 5.91 Å². The van der Waals surface area contributed by atoms with Gasteiger partial charge in [-0.15, -0.1) is 11.8 Å². The first-order valence-electron chi connectivity index (χ1n) is 7.44. The molecule has 120 valence electrons. The molecule has 0 unspecified atom stereocenters. The van der Waals surface area contributed by atoms with Crippen LogP contribution >= 0.6 is 27.7 Å². The average molecular weight is 390 g/mol. The largest absolute Gasteiger partial charge is 0.334 e. The molecule has 2 rings (SSSR count). The van der Waals surface area contributed by atoms with E-state index < -0.39 is 0 Å². The summed E-state index contributed by atoms with van der Waals surface area (Å²) in [6.45, 7) is 6.83. The Morgan fingerprint density at radius 2 is 1.78 bits per heavy atom. The summed E-state index contributed by atoms with van der Waals surface area (Å²) in [5, 5.41) is 0. The van der Waals surface area contributed by atoms with Crippen LogP contribution in [0, 0.1) is 0 Å². The molecule has 0 aliphatic rings. The molecule has 2 aromatic rings. The second-order valence-electron chi connectivity index (χ2n) is 5.26.